The molecule has 10 heteroatoms. The zero-order chi connectivity index (χ0) is 29.8. The number of fused-ring (bicyclic) bond motifs is 3. The van der Waals surface area contributed by atoms with Gasteiger partial charge in [0.2, 0.25) is 5.91 Å². The fraction of sp³-hybridized carbons (Fsp3) is 0.500. The lowest BCUT2D eigenvalue weighted by atomic mass is 9.97. The molecule has 2 unspecified atom stereocenters. The van der Waals surface area contributed by atoms with Crippen LogP contribution < -0.4 is 15.6 Å². The summed E-state index contributed by atoms with van der Waals surface area (Å²) in [7, 11) is 1.69. The molecular weight excluding hydrogens is 534 g/mol. The Bertz CT molecular complexity index is 1440. The molecule has 2 aromatic heterocycles. The SMILES string of the molecule is COC(CN(Cc1cccnc1)C(C)=O)CN1[C@@H]2CC[C@H]1CC(NC(=O)Oc1cc3ccccc3n(C(C)C)c1=O)C2. The Labute approximate surface area is 246 Å². The predicted octanol–water partition coefficient (Wildman–Crippen LogP) is 4.12. The van der Waals surface area contributed by atoms with Crippen molar-refractivity contribution in [2.45, 2.75) is 83.3 Å². The van der Waals surface area contributed by atoms with Gasteiger partial charge in [0.25, 0.3) is 5.56 Å². The van der Waals surface area contributed by atoms with E-state index in [1.807, 2.05) is 50.2 Å². The molecular formula is C32H41N5O5. The summed E-state index contributed by atoms with van der Waals surface area (Å²) in [4.78, 5) is 47.0. The highest BCUT2D eigenvalue weighted by atomic mass is 16.6. The summed E-state index contributed by atoms with van der Waals surface area (Å²) in [5.74, 6) is 0.0291. The topological polar surface area (TPSA) is 106 Å². The third-order valence-corrected chi connectivity index (χ3v) is 8.55. The highest BCUT2D eigenvalue weighted by Gasteiger charge is 2.42. The fourth-order valence-corrected chi connectivity index (χ4v) is 6.54. The van der Waals surface area contributed by atoms with E-state index in [1.165, 1.54) is 0 Å². The lowest BCUT2D eigenvalue weighted by Crippen LogP contribution is -2.54. The number of para-hydroxylation sites is 1. The first-order chi connectivity index (χ1) is 20.2. The zero-order valence-electron chi connectivity index (χ0n) is 24.9. The first kappa shape index (κ1) is 29.7. The van der Waals surface area contributed by atoms with Gasteiger partial charge in [0, 0.05) is 75.6 Å². The number of methoxy groups -OCH3 is 1. The van der Waals surface area contributed by atoms with Gasteiger partial charge < -0.3 is 24.3 Å². The first-order valence-electron chi connectivity index (χ1n) is 14.8. The van der Waals surface area contributed by atoms with Crippen LogP contribution in [0.5, 0.6) is 5.75 Å². The van der Waals surface area contributed by atoms with Crippen LogP contribution in [0.1, 0.15) is 58.1 Å². The standard InChI is InChI=1S/C32H41N5O5/c1-21(2)37-29-10-6-5-9-24(29)14-30(31(37)39)42-32(40)34-25-15-26-11-12-27(16-25)36(26)20-28(41-4)19-35(22(3)38)18-23-8-7-13-33-17-23/h5-10,13-14,17,21,25-28H,11-12,15-16,18-20H2,1-4H3,(H,34,40)/t25?,26-,27+,28?. The van der Waals surface area contributed by atoms with Crippen molar-refractivity contribution in [1.29, 1.82) is 0 Å². The van der Waals surface area contributed by atoms with E-state index in [2.05, 4.69) is 15.2 Å². The monoisotopic (exact) mass is 575 g/mol. The van der Waals surface area contributed by atoms with E-state index in [9.17, 15) is 14.4 Å². The van der Waals surface area contributed by atoms with Crippen LogP contribution in [0, 0.1) is 0 Å². The fourth-order valence-electron chi connectivity index (χ4n) is 6.54. The molecule has 4 atom stereocenters. The number of carbonyl (C=O) groups excluding carboxylic acids is 2. The van der Waals surface area contributed by atoms with Gasteiger partial charge >= 0.3 is 6.09 Å². The number of nitrogens with zero attached hydrogens (tertiary/aromatic N) is 4. The molecule has 4 heterocycles. The molecule has 1 N–H and O–H groups in total. The number of pyridine rings is 2. The molecule has 2 aliphatic heterocycles. The first-order valence-corrected chi connectivity index (χ1v) is 14.8. The predicted molar refractivity (Wildman–Crippen MR) is 160 cm³/mol. The molecule has 2 bridgehead atoms. The summed E-state index contributed by atoms with van der Waals surface area (Å²) < 4.78 is 13.1. The van der Waals surface area contributed by atoms with Crippen molar-refractivity contribution in [1.82, 2.24) is 24.7 Å². The molecule has 2 fully saturated rings. The number of carbonyl (C=O) groups is 2. The molecule has 2 saturated heterocycles. The summed E-state index contributed by atoms with van der Waals surface area (Å²) in [6.07, 6.45) is 6.44. The van der Waals surface area contributed by atoms with Crippen LogP contribution in [0.25, 0.3) is 10.9 Å². The van der Waals surface area contributed by atoms with Gasteiger partial charge in [0.05, 0.1) is 11.6 Å². The second-order valence-electron chi connectivity index (χ2n) is 11.7. The summed E-state index contributed by atoms with van der Waals surface area (Å²) in [6.45, 7) is 7.15. The number of rotatable bonds is 10. The minimum atomic E-state index is -0.599. The number of nitrogens with one attached hydrogen (secondary N) is 1. The maximum atomic E-state index is 13.2. The molecule has 0 aliphatic carbocycles. The molecule has 0 radical (unpaired) electrons. The van der Waals surface area contributed by atoms with Gasteiger partial charge in [-0.05, 0) is 63.3 Å². The Kier molecular flexibility index (Phi) is 9.23. The minimum absolute atomic E-state index is 0.00291. The van der Waals surface area contributed by atoms with Crippen molar-refractivity contribution in [3.05, 3.63) is 70.8 Å². The van der Waals surface area contributed by atoms with Crippen LogP contribution in [0.4, 0.5) is 4.79 Å². The summed E-state index contributed by atoms with van der Waals surface area (Å²) >= 11 is 0. The van der Waals surface area contributed by atoms with Crippen LogP contribution in [0.2, 0.25) is 0 Å². The number of hydrogen-bond acceptors (Lipinski definition) is 7. The van der Waals surface area contributed by atoms with Crippen LogP contribution in [0.15, 0.2) is 59.7 Å². The smallest absolute Gasteiger partial charge is 0.404 e. The van der Waals surface area contributed by atoms with E-state index in [0.717, 1.165) is 42.1 Å². The molecule has 2 amide bonds. The maximum absolute atomic E-state index is 13.2. The highest BCUT2D eigenvalue weighted by molar-refractivity contribution is 5.81. The number of piperidine rings is 1. The Morgan fingerprint density at radius 3 is 2.50 bits per heavy atom. The van der Waals surface area contributed by atoms with Crippen molar-refractivity contribution in [2.75, 3.05) is 20.2 Å². The van der Waals surface area contributed by atoms with Crippen molar-refractivity contribution >= 4 is 22.9 Å². The summed E-state index contributed by atoms with van der Waals surface area (Å²) in [5.41, 5.74) is 1.47. The van der Waals surface area contributed by atoms with E-state index in [0.29, 0.717) is 31.7 Å². The van der Waals surface area contributed by atoms with Crippen LogP contribution in [-0.4, -0.2) is 75.8 Å². The van der Waals surface area contributed by atoms with Crippen molar-refractivity contribution in [3.63, 3.8) is 0 Å². The van der Waals surface area contributed by atoms with Gasteiger partial charge in [-0.1, -0.05) is 24.3 Å². The van der Waals surface area contributed by atoms with E-state index >= 15 is 0 Å². The maximum Gasteiger partial charge on any atom is 0.413 e. The normalized spacial score (nSPS) is 20.9. The Balaban J connectivity index is 1.19. The quantitative estimate of drug-likeness (QED) is 0.388. The number of aromatic nitrogens is 2. The van der Waals surface area contributed by atoms with Gasteiger partial charge in [-0.2, -0.15) is 0 Å². The van der Waals surface area contributed by atoms with Crippen molar-refractivity contribution < 1.29 is 19.1 Å². The van der Waals surface area contributed by atoms with Gasteiger partial charge in [-0.15, -0.1) is 0 Å². The molecule has 1 aromatic carbocycles. The van der Waals surface area contributed by atoms with Gasteiger partial charge in [-0.25, -0.2) is 4.79 Å². The Morgan fingerprint density at radius 1 is 1.12 bits per heavy atom. The second kappa shape index (κ2) is 13.0. The second-order valence-corrected chi connectivity index (χ2v) is 11.7. The minimum Gasteiger partial charge on any atom is -0.404 e. The lowest BCUT2D eigenvalue weighted by molar-refractivity contribution is -0.131. The van der Waals surface area contributed by atoms with Crippen molar-refractivity contribution in [2.24, 2.45) is 0 Å². The number of hydrogen-bond donors (Lipinski definition) is 1. The number of benzene rings is 1. The molecule has 42 heavy (non-hydrogen) atoms. The average molecular weight is 576 g/mol. The van der Waals surface area contributed by atoms with Crippen molar-refractivity contribution in [3.8, 4) is 5.75 Å². The molecule has 0 saturated carbocycles. The van der Waals surface area contributed by atoms with Crippen LogP contribution >= 0.6 is 0 Å². The van der Waals surface area contributed by atoms with E-state index in [1.54, 1.807) is 42.0 Å². The number of amides is 2. The zero-order valence-corrected chi connectivity index (χ0v) is 24.9. The van der Waals surface area contributed by atoms with Gasteiger partial charge in [0.1, 0.15) is 0 Å². The molecule has 224 valence electrons. The molecule has 0 spiro atoms. The Morgan fingerprint density at radius 2 is 1.86 bits per heavy atom. The summed E-state index contributed by atoms with van der Waals surface area (Å²) in [5, 5.41) is 3.87. The third kappa shape index (κ3) is 6.65. The molecule has 5 rings (SSSR count). The van der Waals surface area contributed by atoms with E-state index < -0.39 is 6.09 Å². The lowest BCUT2D eigenvalue weighted by Gasteiger charge is -2.41. The highest BCUT2D eigenvalue weighted by Crippen LogP contribution is 2.36. The Hall–Kier alpha value is -3.76. The molecule has 10 nitrogen and oxygen atoms in total. The number of ether oxygens (including phenoxy) is 2. The van der Waals surface area contributed by atoms with E-state index in [-0.39, 0.29) is 35.4 Å². The van der Waals surface area contributed by atoms with Crippen LogP contribution in [0.3, 0.4) is 0 Å². The van der Waals surface area contributed by atoms with E-state index in [4.69, 9.17) is 9.47 Å². The van der Waals surface area contributed by atoms with Gasteiger partial charge in [-0.3, -0.25) is 19.5 Å². The third-order valence-electron chi connectivity index (χ3n) is 8.55. The largest absolute Gasteiger partial charge is 0.413 e. The summed E-state index contributed by atoms with van der Waals surface area (Å²) in [6, 6.07) is 13.6. The van der Waals surface area contributed by atoms with Crippen LogP contribution in [-0.2, 0) is 16.1 Å². The molecule has 2 aliphatic rings. The molecule has 3 aromatic rings. The van der Waals surface area contributed by atoms with Gasteiger partial charge in [0.15, 0.2) is 5.75 Å². The average Bonchev–Trinajstić information content (AvgIpc) is 3.19.